The molecule has 3 rings (SSSR count). The summed E-state index contributed by atoms with van der Waals surface area (Å²) in [5, 5.41) is 2.86. The van der Waals surface area contributed by atoms with Crippen molar-refractivity contribution in [1.82, 2.24) is 9.97 Å². The minimum Gasteiger partial charge on any atom is -0.493 e. The van der Waals surface area contributed by atoms with Crippen molar-refractivity contribution in [1.29, 1.82) is 0 Å². The Balaban J connectivity index is 2.53. The van der Waals surface area contributed by atoms with Crippen molar-refractivity contribution in [2.45, 2.75) is 0 Å². The molecule has 3 aromatic rings. The number of benzene rings is 1. The molecule has 2 aromatic heterocycles. The normalized spacial score (nSPS) is 10.8. The molecular formula is C15H14N2O3. The molecule has 20 heavy (non-hydrogen) atoms. The highest BCUT2D eigenvalue weighted by Gasteiger charge is 2.18. The van der Waals surface area contributed by atoms with E-state index in [0.717, 1.165) is 21.7 Å². The number of aromatic nitrogens is 2. The van der Waals surface area contributed by atoms with Crippen LogP contribution in [0.25, 0.3) is 21.7 Å². The van der Waals surface area contributed by atoms with Crippen LogP contribution in [0.15, 0.2) is 30.7 Å². The van der Waals surface area contributed by atoms with Crippen molar-refractivity contribution in [2.24, 2.45) is 0 Å². The van der Waals surface area contributed by atoms with E-state index in [9.17, 15) is 0 Å². The first-order valence-electron chi connectivity index (χ1n) is 6.11. The van der Waals surface area contributed by atoms with Gasteiger partial charge in [-0.1, -0.05) is 0 Å². The predicted octanol–water partition coefficient (Wildman–Crippen LogP) is 2.81. The van der Waals surface area contributed by atoms with Crippen molar-refractivity contribution >= 4 is 21.7 Å². The van der Waals surface area contributed by atoms with Gasteiger partial charge in [0.2, 0.25) is 5.75 Å². The fourth-order valence-corrected chi connectivity index (χ4v) is 2.38. The molecular weight excluding hydrogens is 256 g/mol. The fourth-order valence-electron chi connectivity index (χ4n) is 2.38. The Labute approximate surface area is 116 Å². The SMILES string of the molecule is COc1cc2ncc3cnccc3c2c(OC)c1OC. The smallest absolute Gasteiger partial charge is 0.204 e. The molecule has 0 unspecified atom stereocenters. The maximum Gasteiger partial charge on any atom is 0.204 e. The summed E-state index contributed by atoms with van der Waals surface area (Å²) in [5.74, 6) is 1.78. The zero-order valence-corrected chi connectivity index (χ0v) is 11.5. The van der Waals surface area contributed by atoms with Gasteiger partial charge in [-0.05, 0) is 11.5 Å². The average Bonchev–Trinajstić information content (AvgIpc) is 2.52. The molecule has 102 valence electrons. The standard InChI is InChI=1S/C15H14N2O3/c1-18-12-6-11-13(15(20-3)14(12)19-2)10-4-5-16-7-9(10)8-17-11/h4-8H,1-3H3. The number of hydrogen-bond acceptors (Lipinski definition) is 5. The largest absolute Gasteiger partial charge is 0.493 e. The Bertz CT molecular complexity index is 787. The second kappa shape index (κ2) is 4.85. The van der Waals surface area contributed by atoms with Crippen LogP contribution in [0.5, 0.6) is 17.2 Å². The predicted molar refractivity (Wildman–Crippen MR) is 76.7 cm³/mol. The Morgan fingerprint density at radius 2 is 1.75 bits per heavy atom. The van der Waals surface area contributed by atoms with Gasteiger partial charge in [-0.2, -0.15) is 0 Å². The molecule has 0 saturated carbocycles. The summed E-state index contributed by atoms with van der Waals surface area (Å²) in [4.78, 5) is 8.56. The van der Waals surface area contributed by atoms with Crippen molar-refractivity contribution < 1.29 is 14.2 Å². The Morgan fingerprint density at radius 3 is 2.45 bits per heavy atom. The van der Waals surface area contributed by atoms with Gasteiger partial charge >= 0.3 is 0 Å². The lowest BCUT2D eigenvalue weighted by molar-refractivity contribution is 0.327. The third-order valence-corrected chi connectivity index (χ3v) is 3.27. The molecule has 0 radical (unpaired) electrons. The van der Waals surface area contributed by atoms with Crippen molar-refractivity contribution in [3.8, 4) is 17.2 Å². The van der Waals surface area contributed by atoms with Crippen LogP contribution in [-0.4, -0.2) is 31.3 Å². The van der Waals surface area contributed by atoms with E-state index in [1.165, 1.54) is 0 Å². The van der Waals surface area contributed by atoms with E-state index >= 15 is 0 Å². The van der Waals surface area contributed by atoms with Gasteiger partial charge in [-0.3, -0.25) is 9.97 Å². The Kier molecular flexibility index (Phi) is 3.02. The summed E-state index contributed by atoms with van der Waals surface area (Å²) in [6.07, 6.45) is 5.31. The first kappa shape index (κ1) is 12.5. The minimum atomic E-state index is 0.564. The maximum absolute atomic E-state index is 5.53. The summed E-state index contributed by atoms with van der Waals surface area (Å²) >= 11 is 0. The van der Waals surface area contributed by atoms with Gasteiger partial charge in [-0.25, -0.2) is 0 Å². The third-order valence-electron chi connectivity index (χ3n) is 3.27. The number of fused-ring (bicyclic) bond motifs is 3. The number of methoxy groups -OCH3 is 3. The first-order chi connectivity index (χ1) is 9.80. The van der Waals surface area contributed by atoms with E-state index in [2.05, 4.69) is 9.97 Å². The van der Waals surface area contributed by atoms with E-state index < -0.39 is 0 Å². The Morgan fingerprint density at radius 1 is 0.950 bits per heavy atom. The molecule has 0 aliphatic rings. The fraction of sp³-hybridized carbons (Fsp3) is 0.200. The number of nitrogens with zero attached hydrogens (tertiary/aromatic N) is 2. The number of rotatable bonds is 3. The van der Waals surface area contributed by atoms with Crippen LogP contribution < -0.4 is 14.2 Å². The topological polar surface area (TPSA) is 53.5 Å². The van der Waals surface area contributed by atoms with Gasteiger partial charge in [0.05, 0.1) is 32.2 Å². The van der Waals surface area contributed by atoms with Crippen molar-refractivity contribution in [3.05, 3.63) is 30.7 Å². The second-order valence-electron chi connectivity index (χ2n) is 4.26. The number of ether oxygens (including phenoxy) is 3. The van der Waals surface area contributed by atoms with Gasteiger partial charge in [0.1, 0.15) is 0 Å². The quantitative estimate of drug-likeness (QED) is 0.685. The molecule has 5 heteroatoms. The lowest BCUT2D eigenvalue weighted by Gasteiger charge is -2.15. The van der Waals surface area contributed by atoms with Gasteiger partial charge in [0.25, 0.3) is 0 Å². The van der Waals surface area contributed by atoms with Crippen LogP contribution in [0.3, 0.4) is 0 Å². The highest BCUT2D eigenvalue weighted by atomic mass is 16.5. The van der Waals surface area contributed by atoms with E-state index in [0.29, 0.717) is 17.2 Å². The van der Waals surface area contributed by atoms with Crippen LogP contribution in [-0.2, 0) is 0 Å². The molecule has 0 aliphatic carbocycles. The van der Waals surface area contributed by atoms with Crippen LogP contribution >= 0.6 is 0 Å². The molecule has 0 amide bonds. The lowest BCUT2D eigenvalue weighted by Crippen LogP contribution is -1.97. The van der Waals surface area contributed by atoms with Gasteiger partial charge in [0, 0.05) is 30.0 Å². The molecule has 5 nitrogen and oxygen atoms in total. The van der Waals surface area contributed by atoms with E-state index in [1.807, 2.05) is 12.1 Å². The van der Waals surface area contributed by atoms with Gasteiger partial charge < -0.3 is 14.2 Å². The lowest BCUT2D eigenvalue weighted by atomic mass is 10.1. The molecule has 0 fully saturated rings. The summed E-state index contributed by atoms with van der Waals surface area (Å²) in [5.41, 5.74) is 0.790. The summed E-state index contributed by atoms with van der Waals surface area (Å²) in [6, 6.07) is 3.78. The molecule has 0 saturated heterocycles. The third kappa shape index (κ3) is 1.71. The van der Waals surface area contributed by atoms with Crippen LogP contribution in [0.2, 0.25) is 0 Å². The van der Waals surface area contributed by atoms with E-state index in [-0.39, 0.29) is 0 Å². The molecule has 1 aromatic carbocycles. The second-order valence-corrected chi connectivity index (χ2v) is 4.26. The van der Waals surface area contributed by atoms with Crippen molar-refractivity contribution in [3.63, 3.8) is 0 Å². The summed E-state index contributed by atoms with van der Waals surface area (Å²) < 4.78 is 16.3. The number of pyridine rings is 2. The average molecular weight is 270 g/mol. The molecule has 0 bridgehead atoms. The van der Waals surface area contributed by atoms with E-state index in [1.54, 1.807) is 39.9 Å². The molecule has 0 atom stereocenters. The van der Waals surface area contributed by atoms with Gasteiger partial charge in [-0.15, -0.1) is 0 Å². The van der Waals surface area contributed by atoms with Crippen LogP contribution in [0, 0.1) is 0 Å². The molecule has 2 heterocycles. The monoisotopic (exact) mass is 270 g/mol. The highest BCUT2D eigenvalue weighted by molar-refractivity contribution is 6.10. The highest BCUT2D eigenvalue weighted by Crippen LogP contribution is 2.44. The van der Waals surface area contributed by atoms with E-state index in [4.69, 9.17) is 14.2 Å². The zero-order valence-electron chi connectivity index (χ0n) is 11.5. The van der Waals surface area contributed by atoms with Crippen LogP contribution in [0.4, 0.5) is 0 Å². The summed E-state index contributed by atoms with van der Waals surface area (Å²) in [7, 11) is 4.79. The first-order valence-corrected chi connectivity index (χ1v) is 6.11. The van der Waals surface area contributed by atoms with Gasteiger partial charge in [0.15, 0.2) is 11.5 Å². The molecule has 0 spiro atoms. The number of hydrogen-bond donors (Lipinski definition) is 0. The minimum absolute atomic E-state index is 0.564. The maximum atomic E-state index is 5.53. The Hall–Kier alpha value is -2.56. The summed E-state index contributed by atoms with van der Waals surface area (Å²) in [6.45, 7) is 0. The molecule has 0 N–H and O–H groups in total. The van der Waals surface area contributed by atoms with Crippen LogP contribution in [0.1, 0.15) is 0 Å². The van der Waals surface area contributed by atoms with Crippen molar-refractivity contribution in [2.75, 3.05) is 21.3 Å². The zero-order chi connectivity index (χ0) is 14.1. The molecule has 0 aliphatic heterocycles.